The Morgan fingerprint density at radius 3 is 2.00 bits per heavy atom. The van der Waals surface area contributed by atoms with Crippen LogP contribution >= 0.6 is 0 Å². The fourth-order valence-electron chi connectivity index (χ4n) is 1.18. The number of rotatable bonds is 0. The lowest BCUT2D eigenvalue weighted by Gasteiger charge is -2.47. The van der Waals surface area contributed by atoms with Gasteiger partial charge in [-0.3, -0.25) is 0 Å². The van der Waals surface area contributed by atoms with E-state index in [1.807, 2.05) is 6.92 Å². The highest BCUT2D eigenvalue weighted by Gasteiger charge is 2.49. The van der Waals surface area contributed by atoms with Gasteiger partial charge in [-0.15, -0.1) is 6.42 Å². The van der Waals surface area contributed by atoms with E-state index >= 15 is 0 Å². The minimum absolute atomic E-state index is 0.00139. The first kappa shape index (κ1) is 7.11. The van der Waals surface area contributed by atoms with Gasteiger partial charge in [-0.1, -0.05) is 6.92 Å². The third-order valence-electron chi connectivity index (χ3n) is 2.01. The van der Waals surface area contributed by atoms with Gasteiger partial charge in [-0.25, -0.2) is 0 Å². The van der Waals surface area contributed by atoms with Crippen LogP contribution in [0.2, 0.25) is 0 Å². The molecule has 0 saturated carbocycles. The van der Waals surface area contributed by atoms with Gasteiger partial charge in [0.05, 0.1) is 19.8 Å². The summed E-state index contributed by atoms with van der Waals surface area (Å²) in [7, 11) is 0. The van der Waals surface area contributed by atoms with Gasteiger partial charge in [0.2, 0.25) is 0 Å². The molecule has 0 aliphatic carbocycles. The molecule has 3 nitrogen and oxygen atoms in total. The Bertz CT molecular complexity index is 191. The molecule has 11 heavy (non-hydrogen) atoms. The molecule has 0 aromatic rings. The van der Waals surface area contributed by atoms with E-state index < -0.39 is 5.97 Å². The SMILES string of the molecule is C#CC12OCC(C)(CO1)CO2. The van der Waals surface area contributed by atoms with Crippen LogP contribution in [0.15, 0.2) is 0 Å². The van der Waals surface area contributed by atoms with Crippen LogP contribution in [0.5, 0.6) is 0 Å². The molecule has 3 saturated heterocycles. The lowest BCUT2D eigenvalue weighted by Crippen LogP contribution is -2.58. The largest absolute Gasteiger partial charge is 0.353 e. The van der Waals surface area contributed by atoms with E-state index in [4.69, 9.17) is 20.6 Å². The second-order valence-electron chi connectivity index (χ2n) is 3.38. The van der Waals surface area contributed by atoms with Gasteiger partial charge < -0.3 is 14.2 Å². The minimum Gasteiger partial charge on any atom is -0.316 e. The molecule has 3 heterocycles. The molecule has 0 spiro atoms. The van der Waals surface area contributed by atoms with Crippen molar-refractivity contribution in [3.63, 3.8) is 0 Å². The average molecular weight is 154 g/mol. The summed E-state index contributed by atoms with van der Waals surface area (Å²) in [6.45, 7) is 3.91. The normalized spacial score (nSPS) is 48.7. The smallest absolute Gasteiger partial charge is 0.316 e. The van der Waals surface area contributed by atoms with E-state index in [0.717, 1.165) is 0 Å². The molecule has 0 N–H and O–H groups in total. The van der Waals surface area contributed by atoms with Crippen molar-refractivity contribution in [1.29, 1.82) is 0 Å². The Morgan fingerprint density at radius 2 is 1.64 bits per heavy atom. The van der Waals surface area contributed by atoms with E-state index in [1.165, 1.54) is 0 Å². The zero-order valence-corrected chi connectivity index (χ0v) is 6.42. The van der Waals surface area contributed by atoms with Gasteiger partial charge in [-0.2, -0.15) is 0 Å². The van der Waals surface area contributed by atoms with Crippen LogP contribution in [-0.2, 0) is 14.2 Å². The Kier molecular flexibility index (Phi) is 1.28. The summed E-state index contributed by atoms with van der Waals surface area (Å²) in [5, 5.41) is 0. The fourth-order valence-corrected chi connectivity index (χ4v) is 1.18. The minimum atomic E-state index is -1.17. The second-order valence-corrected chi connectivity index (χ2v) is 3.38. The van der Waals surface area contributed by atoms with E-state index in [2.05, 4.69) is 5.92 Å². The molecule has 0 aromatic carbocycles. The Labute approximate surface area is 65.6 Å². The summed E-state index contributed by atoms with van der Waals surface area (Å²) >= 11 is 0. The van der Waals surface area contributed by atoms with Gasteiger partial charge in [0.1, 0.15) is 0 Å². The third-order valence-corrected chi connectivity index (χ3v) is 2.01. The summed E-state index contributed by atoms with van der Waals surface area (Å²) in [6, 6.07) is 0. The summed E-state index contributed by atoms with van der Waals surface area (Å²) in [4.78, 5) is 0. The summed E-state index contributed by atoms with van der Waals surface area (Å²) in [5.74, 6) is 1.19. The number of ether oxygens (including phenoxy) is 3. The standard InChI is InChI=1S/C8H10O3/c1-3-8-9-4-7(2,5-10-8)6-11-8/h1H,4-6H2,2H3. The fraction of sp³-hybridized carbons (Fsp3) is 0.750. The van der Waals surface area contributed by atoms with E-state index in [1.54, 1.807) is 0 Å². The summed E-state index contributed by atoms with van der Waals surface area (Å²) < 4.78 is 15.7. The van der Waals surface area contributed by atoms with Crippen LogP contribution in [0.4, 0.5) is 0 Å². The van der Waals surface area contributed by atoms with Crippen LogP contribution in [-0.4, -0.2) is 25.8 Å². The zero-order valence-electron chi connectivity index (χ0n) is 6.42. The van der Waals surface area contributed by atoms with Crippen LogP contribution in [0.3, 0.4) is 0 Å². The highest BCUT2D eigenvalue weighted by molar-refractivity contribution is 5.02. The quantitative estimate of drug-likeness (QED) is 0.471. The molecule has 3 aliphatic rings. The van der Waals surface area contributed by atoms with Crippen molar-refractivity contribution in [2.24, 2.45) is 5.41 Å². The molecule has 3 aliphatic heterocycles. The molecule has 2 bridgehead atoms. The molecule has 0 aromatic heterocycles. The molecule has 3 fully saturated rings. The molecule has 0 amide bonds. The summed E-state index contributed by atoms with van der Waals surface area (Å²) in [5.41, 5.74) is -0.00139. The van der Waals surface area contributed by atoms with E-state index in [-0.39, 0.29) is 5.41 Å². The molecule has 60 valence electrons. The molecule has 3 heteroatoms. The molecule has 0 unspecified atom stereocenters. The third kappa shape index (κ3) is 0.951. The van der Waals surface area contributed by atoms with E-state index in [0.29, 0.717) is 19.8 Å². The Morgan fingerprint density at radius 1 is 1.18 bits per heavy atom. The lowest BCUT2D eigenvalue weighted by atomic mass is 9.92. The monoisotopic (exact) mass is 154 g/mol. The maximum Gasteiger partial charge on any atom is 0.353 e. The van der Waals surface area contributed by atoms with Crippen molar-refractivity contribution in [2.45, 2.75) is 12.9 Å². The maximum atomic E-state index is 5.24. The second kappa shape index (κ2) is 1.98. The molecular formula is C8H10O3. The van der Waals surface area contributed by atoms with Gasteiger partial charge in [0.25, 0.3) is 0 Å². The van der Waals surface area contributed by atoms with Gasteiger partial charge in [-0.05, 0) is 5.92 Å². The molecule has 0 radical (unpaired) electrons. The van der Waals surface area contributed by atoms with Crippen molar-refractivity contribution in [3.05, 3.63) is 0 Å². The van der Waals surface area contributed by atoms with Crippen LogP contribution in [0.25, 0.3) is 0 Å². The van der Waals surface area contributed by atoms with Crippen molar-refractivity contribution in [2.75, 3.05) is 19.8 Å². The molecule has 3 rings (SSSR count). The first-order valence-corrected chi connectivity index (χ1v) is 3.58. The Balaban J connectivity index is 2.20. The average Bonchev–Trinajstić information content (AvgIpc) is 2.07. The van der Waals surface area contributed by atoms with Gasteiger partial charge in [0, 0.05) is 5.41 Å². The zero-order chi connectivity index (χ0) is 7.95. The summed E-state index contributed by atoms with van der Waals surface area (Å²) in [6.07, 6.45) is 5.19. The molecular weight excluding hydrogens is 144 g/mol. The predicted octanol–water partition coefficient (Wildman–Crippen LogP) is 0.357. The van der Waals surface area contributed by atoms with Crippen molar-refractivity contribution >= 4 is 0 Å². The van der Waals surface area contributed by atoms with E-state index in [9.17, 15) is 0 Å². The number of fused-ring (bicyclic) bond motifs is 3. The highest BCUT2D eigenvalue weighted by atomic mass is 16.9. The first-order valence-electron chi connectivity index (χ1n) is 3.58. The maximum absolute atomic E-state index is 5.24. The first-order chi connectivity index (χ1) is 5.18. The van der Waals surface area contributed by atoms with Crippen LogP contribution in [0.1, 0.15) is 6.92 Å². The number of terminal acetylenes is 1. The Hall–Kier alpha value is -0.560. The van der Waals surface area contributed by atoms with Gasteiger partial charge in [0.15, 0.2) is 0 Å². The van der Waals surface area contributed by atoms with Crippen molar-refractivity contribution < 1.29 is 14.2 Å². The van der Waals surface area contributed by atoms with Crippen LogP contribution < -0.4 is 0 Å². The van der Waals surface area contributed by atoms with Gasteiger partial charge >= 0.3 is 5.97 Å². The van der Waals surface area contributed by atoms with Crippen molar-refractivity contribution in [1.82, 2.24) is 0 Å². The highest BCUT2D eigenvalue weighted by Crippen LogP contribution is 2.37. The van der Waals surface area contributed by atoms with Crippen molar-refractivity contribution in [3.8, 4) is 12.3 Å². The number of hydrogen-bond donors (Lipinski definition) is 0. The molecule has 0 atom stereocenters. The predicted molar refractivity (Wildman–Crippen MR) is 37.5 cm³/mol. The number of hydrogen-bond acceptors (Lipinski definition) is 3. The topological polar surface area (TPSA) is 27.7 Å². The lowest BCUT2D eigenvalue weighted by molar-refractivity contribution is -0.436. The van der Waals surface area contributed by atoms with Crippen LogP contribution in [0, 0.1) is 17.8 Å².